The molecule has 23 heavy (non-hydrogen) atoms. The van der Waals surface area contributed by atoms with Crippen LogP contribution < -0.4 is 10.6 Å². The largest absolute Gasteiger partial charge is 0.372 e. The summed E-state index contributed by atoms with van der Waals surface area (Å²) in [6.07, 6.45) is 3.23. The molecule has 0 radical (unpaired) electrons. The highest BCUT2D eigenvalue weighted by molar-refractivity contribution is 5.88. The fourth-order valence-corrected chi connectivity index (χ4v) is 1.91. The lowest BCUT2D eigenvalue weighted by Gasteiger charge is -2.08. The van der Waals surface area contributed by atoms with Gasteiger partial charge >= 0.3 is 0 Å². The van der Waals surface area contributed by atoms with E-state index < -0.39 is 0 Å². The molecular weight excluding hydrogens is 296 g/mol. The number of hydrogen-bond acceptors (Lipinski definition) is 5. The minimum Gasteiger partial charge on any atom is -0.372 e. The summed E-state index contributed by atoms with van der Waals surface area (Å²) in [6.45, 7) is 3.63. The Morgan fingerprint density at radius 1 is 0.913 bits per heavy atom. The number of nitrogens with one attached hydrogen (secondary N) is 2. The maximum Gasteiger partial charge on any atom is 0.222 e. The summed E-state index contributed by atoms with van der Waals surface area (Å²) in [5, 5.41) is 5.25. The highest BCUT2D eigenvalue weighted by atomic mass is 16.5. The van der Waals surface area contributed by atoms with Crippen LogP contribution in [0.25, 0.3) is 0 Å². The summed E-state index contributed by atoms with van der Waals surface area (Å²) < 4.78 is 5.64. The van der Waals surface area contributed by atoms with Crippen LogP contribution >= 0.6 is 0 Å². The molecule has 120 valence electrons. The number of carbonyl (C=O) groups excluding carboxylic acids is 2. The molecule has 2 amide bonds. The zero-order valence-corrected chi connectivity index (χ0v) is 13.0. The number of nitrogens with zero attached hydrogens (tertiary/aromatic N) is 2. The van der Waals surface area contributed by atoms with E-state index in [9.17, 15) is 9.59 Å². The number of ether oxygens (including phenoxy) is 1. The molecule has 0 aliphatic carbocycles. The monoisotopic (exact) mass is 314 g/mol. The molecule has 0 saturated heterocycles. The second-order valence-corrected chi connectivity index (χ2v) is 4.95. The van der Waals surface area contributed by atoms with Gasteiger partial charge in [-0.25, -0.2) is 9.97 Å². The van der Waals surface area contributed by atoms with Crippen molar-refractivity contribution in [2.24, 2.45) is 0 Å². The van der Waals surface area contributed by atoms with Crippen LogP contribution in [0.4, 0.5) is 11.6 Å². The molecule has 0 atom stereocenters. The van der Waals surface area contributed by atoms with Gasteiger partial charge in [0.15, 0.2) is 0 Å². The molecule has 7 heteroatoms. The van der Waals surface area contributed by atoms with E-state index in [0.717, 1.165) is 11.1 Å². The summed E-state index contributed by atoms with van der Waals surface area (Å²) in [7, 11) is 0. The first-order chi connectivity index (χ1) is 11.0. The van der Waals surface area contributed by atoms with Crippen LogP contribution in [0.1, 0.15) is 25.0 Å². The summed E-state index contributed by atoms with van der Waals surface area (Å²) in [4.78, 5) is 30.1. The molecule has 0 spiro atoms. The van der Waals surface area contributed by atoms with Crippen molar-refractivity contribution >= 4 is 23.5 Å². The zero-order valence-electron chi connectivity index (χ0n) is 13.0. The zero-order chi connectivity index (χ0) is 16.7. The molecule has 0 fully saturated rings. The Hall–Kier alpha value is -2.80. The lowest BCUT2D eigenvalue weighted by atomic mass is 10.2. The van der Waals surface area contributed by atoms with Gasteiger partial charge in [0.1, 0.15) is 11.6 Å². The topological polar surface area (TPSA) is 93.2 Å². The third kappa shape index (κ3) is 5.84. The average molecular weight is 314 g/mol. The van der Waals surface area contributed by atoms with Gasteiger partial charge in [0, 0.05) is 26.2 Å². The van der Waals surface area contributed by atoms with Crippen molar-refractivity contribution in [3.8, 4) is 0 Å². The predicted octanol–water partition coefficient (Wildman–Crippen LogP) is 2.11. The Balaban J connectivity index is 1.89. The van der Waals surface area contributed by atoms with E-state index in [2.05, 4.69) is 20.6 Å². The van der Waals surface area contributed by atoms with Gasteiger partial charge in [0.05, 0.1) is 13.2 Å². The normalized spacial score (nSPS) is 10.2. The van der Waals surface area contributed by atoms with Crippen molar-refractivity contribution in [1.82, 2.24) is 9.97 Å². The number of carbonyl (C=O) groups is 2. The Morgan fingerprint density at radius 2 is 1.35 bits per heavy atom. The molecule has 7 nitrogen and oxygen atoms in total. The van der Waals surface area contributed by atoms with Crippen LogP contribution in [-0.2, 0) is 27.5 Å². The van der Waals surface area contributed by atoms with Crippen LogP contribution in [0.2, 0.25) is 0 Å². The van der Waals surface area contributed by atoms with Gasteiger partial charge in [-0.15, -0.1) is 0 Å². The maximum atomic E-state index is 11.0. The molecule has 0 unspecified atom stereocenters. The van der Waals surface area contributed by atoms with Crippen molar-refractivity contribution < 1.29 is 14.3 Å². The van der Waals surface area contributed by atoms with E-state index >= 15 is 0 Å². The van der Waals surface area contributed by atoms with Crippen molar-refractivity contribution in [3.05, 3.63) is 47.8 Å². The number of rotatable bonds is 6. The summed E-state index contributed by atoms with van der Waals surface area (Å²) in [5.41, 5.74) is 1.81. The van der Waals surface area contributed by atoms with Gasteiger partial charge in [0.25, 0.3) is 0 Å². The Labute approximate surface area is 134 Å². The molecule has 0 aliphatic rings. The molecule has 2 heterocycles. The molecule has 0 bridgehead atoms. The van der Waals surface area contributed by atoms with E-state index in [4.69, 9.17) is 4.74 Å². The van der Waals surface area contributed by atoms with E-state index in [1.54, 1.807) is 24.5 Å². The van der Waals surface area contributed by atoms with Gasteiger partial charge in [-0.05, 0) is 35.4 Å². The molecule has 2 aromatic heterocycles. The highest BCUT2D eigenvalue weighted by Crippen LogP contribution is 2.11. The Bertz CT molecular complexity index is 644. The molecule has 0 saturated carbocycles. The van der Waals surface area contributed by atoms with Crippen molar-refractivity contribution in [3.63, 3.8) is 0 Å². The number of anilines is 2. The van der Waals surface area contributed by atoms with Gasteiger partial charge in [0.2, 0.25) is 11.8 Å². The van der Waals surface area contributed by atoms with Gasteiger partial charge in [-0.2, -0.15) is 0 Å². The fourth-order valence-electron chi connectivity index (χ4n) is 1.91. The minimum absolute atomic E-state index is 0.169. The first kappa shape index (κ1) is 16.6. The molecule has 0 aromatic carbocycles. The molecule has 0 aliphatic heterocycles. The second-order valence-electron chi connectivity index (χ2n) is 4.95. The van der Waals surface area contributed by atoms with Crippen molar-refractivity contribution in [1.29, 1.82) is 0 Å². The number of aromatic nitrogens is 2. The van der Waals surface area contributed by atoms with Gasteiger partial charge in [-0.3, -0.25) is 9.59 Å². The standard InChI is InChI=1S/C16H18N4O3/c1-11(21)19-15-7-13(3-5-17-15)9-23-10-14-4-6-18-16(8-14)20-12(2)22/h3-8H,9-10H2,1-2H3,(H,17,19,21)(H,18,20,22). The first-order valence-corrected chi connectivity index (χ1v) is 7.06. The van der Waals surface area contributed by atoms with Crippen LogP contribution in [0, 0.1) is 0 Å². The van der Waals surface area contributed by atoms with Gasteiger partial charge in [-0.1, -0.05) is 0 Å². The molecule has 2 aromatic rings. The maximum absolute atomic E-state index is 11.0. The van der Waals surface area contributed by atoms with Crippen LogP contribution in [-0.4, -0.2) is 21.8 Å². The quantitative estimate of drug-likeness (QED) is 0.852. The lowest BCUT2D eigenvalue weighted by Crippen LogP contribution is -2.08. The summed E-state index contributed by atoms with van der Waals surface area (Å²) >= 11 is 0. The summed E-state index contributed by atoms with van der Waals surface area (Å²) in [5.74, 6) is 0.654. The summed E-state index contributed by atoms with van der Waals surface area (Å²) in [6, 6.07) is 7.16. The minimum atomic E-state index is -0.169. The predicted molar refractivity (Wildman–Crippen MR) is 85.6 cm³/mol. The third-order valence-electron chi connectivity index (χ3n) is 2.79. The van der Waals surface area contributed by atoms with E-state index in [1.165, 1.54) is 13.8 Å². The van der Waals surface area contributed by atoms with E-state index in [0.29, 0.717) is 24.8 Å². The fraction of sp³-hybridized carbons (Fsp3) is 0.250. The number of pyridine rings is 2. The second kappa shape index (κ2) is 8.00. The van der Waals surface area contributed by atoms with Gasteiger partial charge < -0.3 is 15.4 Å². The number of amides is 2. The van der Waals surface area contributed by atoms with E-state index in [1.807, 2.05) is 12.1 Å². The number of hydrogen-bond donors (Lipinski definition) is 2. The Morgan fingerprint density at radius 3 is 1.74 bits per heavy atom. The van der Waals surface area contributed by atoms with Crippen LogP contribution in [0.5, 0.6) is 0 Å². The van der Waals surface area contributed by atoms with Crippen LogP contribution in [0.3, 0.4) is 0 Å². The lowest BCUT2D eigenvalue weighted by molar-refractivity contribution is -0.115. The molecular formula is C16H18N4O3. The van der Waals surface area contributed by atoms with Crippen molar-refractivity contribution in [2.75, 3.05) is 10.6 Å². The smallest absolute Gasteiger partial charge is 0.222 e. The highest BCUT2D eigenvalue weighted by Gasteiger charge is 2.02. The van der Waals surface area contributed by atoms with Crippen LogP contribution in [0.15, 0.2) is 36.7 Å². The average Bonchev–Trinajstić information content (AvgIpc) is 2.46. The van der Waals surface area contributed by atoms with Crippen molar-refractivity contribution in [2.45, 2.75) is 27.1 Å². The molecule has 2 N–H and O–H groups in total. The SMILES string of the molecule is CC(=O)Nc1cc(COCc2ccnc(NC(C)=O)c2)ccn1. The first-order valence-electron chi connectivity index (χ1n) is 7.06. The Kier molecular flexibility index (Phi) is 5.76. The molecule has 2 rings (SSSR count). The third-order valence-corrected chi connectivity index (χ3v) is 2.79. The van der Waals surface area contributed by atoms with E-state index in [-0.39, 0.29) is 11.8 Å².